The first-order valence-corrected chi connectivity index (χ1v) is 15.4. The summed E-state index contributed by atoms with van der Waals surface area (Å²) in [4.78, 5) is 61.3. The van der Waals surface area contributed by atoms with E-state index in [0.717, 1.165) is 6.42 Å². The van der Waals surface area contributed by atoms with Crippen molar-refractivity contribution < 1.29 is 60.8 Å². The van der Waals surface area contributed by atoms with E-state index in [1.807, 2.05) is 27.7 Å². The van der Waals surface area contributed by atoms with E-state index in [0.29, 0.717) is 28.1 Å². The highest BCUT2D eigenvalue weighted by molar-refractivity contribution is 5.98. The van der Waals surface area contributed by atoms with Crippen molar-refractivity contribution >= 4 is 41.1 Å². The van der Waals surface area contributed by atoms with Crippen LogP contribution in [0.2, 0.25) is 0 Å². The zero-order chi connectivity index (χ0) is 41.7. The molecule has 0 fully saturated rings. The zero-order valence-electron chi connectivity index (χ0n) is 29.0. The average molecular weight is 777 g/mol. The molecule has 2 amide bonds. The number of hydrogen-bond donors (Lipinski definition) is 9. The molecule has 1 atom stereocenters. The van der Waals surface area contributed by atoms with Crippen LogP contribution in [0.25, 0.3) is 11.3 Å². The van der Waals surface area contributed by atoms with Crippen LogP contribution in [0.5, 0.6) is 5.75 Å². The van der Waals surface area contributed by atoms with E-state index in [1.165, 1.54) is 22.9 Å². The number of carbonyl (C=O) groups excluding carboxylic acids is 2. The largest absolute Gasteiger partial charge is 0.507 e. The second-order valence-corrected chi connectivity index (χ2v) is 11.5. The fourth-order valence-corrected chi connectivity index (χ4v) is 3.90. The lowest BCUT2D eigenvalue weighted by molar-refractivity contribution is -0.193. The Labute approximate surface area is 302 Å². The van der Waals surface area contributed by atoms with Crippen LogP contribution in [-0.4, -0.2) is 78.9 Å². The van der Waals surface area contributed by atoms with Crippen molar-refractivity contribution in [3.05, 3.63) is 69.6 Å². The number of nitrogens with zero attached hydrogens (tertiary/aromatic N) is 2. The van der Waals surface area contributed by atoms with Crippen molar-refractivity contribution in [1.82, 2.24) is 20.2 Å². The summed E-state index contributed by atoms with van der Waals surface area (Å²) in [6, 6.07) is 9.17. The molecule has 16 nitrogen and oxygen atoms in total. The number of nitrogen functional groups attached to an aromatic ring is 2. The van der Waals surface area contributed by atoms with Crippen LogP contribution in [-0.2, 0) is 27.5 Å². The first-order valence-electron chi connectivity index (χ1n) is 15.4. The van der Waals surface area contributed by atoms with Gasteiger partial charge >= 0.3 is 24.3 Å². The summed E-state index contributed by atoms with van der Waals surface area (Å²) in [5.74, 6) is -6.66. The van der Waals surface area contributed by atoms with Gasteiger partial charge in [0.1, 0.15) is 18.1 Å². The van der Waals surface area contributed by atoms with Gasteiger partial charge in [0, 0.05) is 35.4 Å². The van der Waals surface area contributed by atoms with Crippen molar-refractivity contribution in [3.63, 3.8) is 0 Å². The summed E-state index contributed by atoms with van der Waals surface area (Å²) in [6.45, 7) is 7.30. The molecule has 0 saturated heterocycles. The normalized spacial score (nSPS) is 11.5. The molecular weight excluding hydrogens is 738 g/mol. The highest BCUT2D eigenvalue weighted by Gasteiger charge is 2.39. The number of phenolic OH excluding ortho intramolecular Hbond substituents is 1. The van der Waals surface area contributed by atoms with Crippen LogP contribution in [0.15, 0.2) is 47.4 Å². The molecule has 2 aromatic carbocycles. The number of nitrogens with one attached hydrogen (secondary N) is 4. The van der Waals surface area contributed by atoms with Gasteiger partial charge in [-0.25, -0.2) is 14.6 Å². The number of aliphatic carboxylic acids is 2. The molecule has 11 N–H and O–H groups in total. The molecule has 22 heteroatoms. The topological polar surface area (TPSA) is 276 Å². The molecular formula is C32H38F6N8O8. The fourth-order valence-electron chi connectivity index (χ4n) is 3.90. The number of alkyl halides is 6. The molecule has 0 bridgehead atoms. The van der Waals surface area contributed by atoms with Crippen LogP contribution in [0.4, 0.5) is 37.8 Å². The number of benzene rings is 2. The molecule has 0 spiro atoms. The molecule has 0 aliphatic rings. The van der Waals surface area contributed by atoms with Crippen molar-refractivity contribution in [1.29, 1.82) is 5.41 Å². The molecule has 54 heavy (non-hydrogen) atoms. The Morgan fingerprint density at radius 2 is 1.52 bits per heavy atom. The fraction of sp³-hybridized carbons (Fsp3) is 0.344. The van der Waals surface area contributed by atoms with E-state index in [-0.39, 0.29) is 54.0 Å². The molecule has 1 aromatic heterocycles. The quantitative estimate of drug-likeness (QED) is 0.0587. The number of hydrogen-bond acceptors (Lipinski definition) is 10. The lowest BCUT2D eigenvalue weighted by Gasteiger charge is -2.17. The first kappa shape index (κ1) is 45.7. The number of phenols is 1. The van der Waals surface area contributed by atoms with Crippen molar-refractivity contribution in [2.24, 2.45) is 5.73 Å². The van der Waals surface area contributed by atoms with E-state index < -0.39 is 35.8 Å². The number of halogens is 6. The van der Waals surface area contributed by atoms with Gasteiger partial charge in [-0.3, -0.25) is 24.4 Å². The second kappa shape index (κ2) is 19.5. The monoisotopic (exact) mass is 776 g/mol. The molecule has 3 aromatic rings. The molecule has 0 radical (unpaired) electrons. The predicted octanol–water partition coefficient (Wildman–Crippen LogP) is 3.41. The van der Waals surface area contributed by atoms with Crippen LogP contribution in [0.1, 0.15) is 55.6 Å². The van der Waals surface area contributed by atoms with E-state index in [9.17, 15) is 45.8 Å². The number of carboxylic acid groups (broad SMARTS) is 2. The number of aromatic nitrogens is 2. The van der Waals surface area contributed by atoms with Gasteiger partial charge in [-0.05, 0) is 63.1 Å². The van der Waals surface area contributed by atoms with Crippen LogP contribution in [0.3, 0.4) is 0 Å². The Morgan fingerprint density at radius 3 is 1.98 bits per heavy atom. The zero-order valence-corrected chi connectivity index (χ0v) is 29.0. The van der Waals surface area contributed by atoms with Gasteiger partial charge in [0.25, 0.3) is 11.5 Å². The third kappa shape index (κ3) is 14.7. The first-order chi connectivity index (χ1) is 24.8. The Bertz CT molecular complexity index is 1870. The Balaban J connectivity index is 0.000000879. The molecule has 1 heterocycles. The maximum atomic E-state index is 13.4. The van der Waals surface area contributed by atoms with Crippen molar-refractivity contribution in [3.8, 4) is 17.0 Å². The SMILES string of the molecule is CC[C@@H](C)NC(=O)c1cc(N)cc(-c2cnc(NC(C)C)c(=O)n2CC(=O)NCc2ccc(C(=N)N)c(O)c2)c1.O=C(O)C(F)(F)F.O=C(O)C(F)(F)F. The Kier molecular flexibility index (Phi) is 16.5. The van der Waals surface area contributed by atoms with Crippen LogP contribution < -0.4 is 33.0 Å². The van der Waals surface area contributed by atoms with E-state index in [4.69, 9.17) is 36.7 Å². The summed E-state index contributed by atoms with van der Waals surface area (Å²) in [5, 5.41) is 40.4. The predicted molar refractivity (Wildman–Crippen MR) is 183 cm³/mol. The third-order valence-corrected chi connectivity index (χ3v) is 6.61. The number of aromatic hydroxyl groups is 1. The maximum absolute atomic E-state index is 13.4. The minimum atomic E-state index is -5.08. The van der Waals surface area contributed by atoms with Gasteiger partial charge < -0.3 is 42.7 Å². The third-order valence-electron chi connectivity index (χ3n) is 6.61. The number of anilines is 2. The van der Waals surface area contributed by atoms with Gasteiger partial charge in [0.2, 0.25) is 5.91 Å². The van der Waals surface area contributed by atoms with E-state index >= 15 is 0 Å². The van der Waals surface area contributed by atoms with Crippen LogP contribution in [0, 0.1) is 5.41 Å². The minimum Gasteiger partial charge on any atom is -0.507 e. The maximum Gasteiger partial charge on any atom is 0.490 e. The summed E-state index contributed by atoms with van der Waals surface area (Å²) >= 11 is 0. The molecule has 0 aliphatic carbocycles. The van der Waals surface area contributed by atoms with Gasteiger partial charge in [-0.2, -0.15) is 26.3 Å². The highest BCUT2D eigenvalue weighted by Crippen LogP contribution is 2.24. The smallest absolute Gasteiger partial charge is 0.490 e. The van der Waals surface area contributed by atoms with Gasteiger partial charge in [0.05, 0.1) is 17.5 Å². The molecule has 0 saturated carbocycles. The Morgan fingerprint density at radius 1 is 0.963 bits per heavy atom. The molecule has 296 valence electrons. The van der Waals surface area contributed by atoms with Crippen molar-refractivity contribution in [2.75, 3.05) is 11.1 Å². The van der Waals surface area contributed by atoms with E-state index in [2.05, 4.69) is 20.9 Å². The second-order valence-electron chi connectivity index (χ2n) is 11.5. The molecule has 3 rings (SSSR count). The lowest BCUT2D eigenvalue weighted by Crippen LogP contribution is -2.35. The van der Waals surface area contributed by atoms with Crippen molar-refractivity contribution in [2.45, 2.75) is 71.6 Å². The molecule has 0 unspecified atom stereocenters. The number of carboxylic acids is 2. The highest BCUT2D eigenvalue weighted by atomic mass is 19.4. The van der Waals surface area contributed by atoms with E-state index in [1.54, 1.807) is 24.3 Å². The average Bonchev–Trinajstić information content (AvgIpc) is 3.04. The summed E-state index contributed by atoms with van der Waals surface area (Å²) in [7, 11) is 0. The standard InChI is InChI=1S/C28H36N8O4.2C2HF3O2/c1-5-16(4)35-27(39)19-9-18(10-20(29)11-19)22-13-33-26(34-15(2)3)28(40)36(22)14-24(38)32-12-17-6-7-21(25(30)31)23(37)8-17;2*3-2(4,5)1(6)7/h6-11,13,15-16,37H,5,12,14,29H2,1-4H3,(H3,30,31)(H,32,38)(H,33,34)(H,35,39);2*(H,6,7)/t16-;;/m1../s1. The summed E-state index contributed by atoms with van der Waals surface area (Å²) in [6.07, 6.45) is -7.95. The van der Waals surface area contributed by atoms with Gasteiger partial charge in [-0.15, -0.1) is 0 Å². The number of amidine groups is 1. The number of amides is 2. The van der Waals surface area contributed by atoms with Gasteiger partial charge in [-0.1, -0.05) is 13.0 Å². The summed E-state index contributed by atoms with van der Waals surface area (Å²) < 4.78 is 64.7. The van der Waals surface area contributed by atoms with Crippen LogP contribution >= 0.6 is 0 Å². The lowest BCUT2D eigenvalue weighted by atomic mass is 10.1. The summed E-state index contributed by atoms with van der Waals surface area (Å²) in [5.41, 5.74) is 13.2. The number of carbonyl (C=O) groups is 4. The van der Waals surface area contributed by atoms with Gasteiger partial charge in [0.15, 0.2) is 5.82 Å². The number of nitrogens with two attached hydrogens (primary N) is 2. The molecule has 0 aliphatic heterocycles. The number of rotatable bonds is 11. The minimum absolute atomic E-state index is 0.0390. The Hall–Kier alpha value is -6.35.